The highest BCUT2D eigenvalue weighted by atomic mass is 16.5. The van der Waals surface area contributed by atoms with Crippen LogP contribution in [0.4, 0.5) is 0 Å². The van der Waals surface area contributed by atoms with E-state index in [-0.39, 0.29) is 0 Å². The van der Waals surface area contributed by atoms with E-state index in [9.17, 15) is 0 Å². The van der Waals surface area contributed by atoms with Crippen molar-refractivity contribution in [2.24, 2.45) is 0 Å². The van der Waals surface area contributed by atoms with Gasteiger partial charge in [-0.15, -0.1) is 0 Å². The Morgan fingerprint density at radius 1 is 1.33 bits per heavy atom. The van der Waals surface area contributed by atoms with E-state index >= 15 is 0 Å². The van der Waals surface area contributed by atoms with Gasteiger partial charge in [0.25, 0.3) is 0 Å². The molecule has 2 nitrogen and oxygen atoms in total. The van der Waals surface area contributed by atoms with Crippen molar-refractivity contribution >= 4 is 0 Å². The van der Waals surface area contributed by atoms with Crippen LogP contribution in [0.15, 0.2) is 24.3 Å². The monoisotopic (exact) mass is 203 g/mol. The Kier molecular flexibility index (Phi) is 4.70. The number of hydrogen-bond acceptors (Lipinski definition) is 2. The lowest BCUT2D eigenvalue weighted by Gasteiger charge is -2.13. The molecule has 0 bridgehead atoms. The van der Waals surface area contributed by atoms with Crippen molar-refractivity contribution in [1.29, 1.82) is 5.26 Å². The summed E-state index contributed by atoms with van der Waals surface area (Å²) >= 11 is 0. The van der Waals surface area contributed by atoms with Crippen LogP contribution in [0.25, 0.3) is 0 Å². The number of hydrogen-bond donors (Lipinski definition) is 0. The van der Waals surface area contributed by atoms with E-state index in [4.69, 9.17) is 10.00 Å². The molecule has 1 unspecified atom stereocenters. The highest BCUT2D eigenvalue weighted by Gasteiger charge is 2.08. The summed E-state index contributed by atoms with van der Waals surface area (Å²) in [6.45, 7) is 2.16. The second-order valence-electron chi connectivity index (χ2n) is 3.58. The Bertz CT molecular complexity index is 323. The third-order valence-corrected chi connectivity index (χ3v) is 2.68. The van der Waals surface area contributed by atoms with E-state index in [1.165, 1.54) is 5.56 Å². The molecule has 1 aromatic rings. The number of nitriles is 1. The van der Waals surface area contributed by atoms with Crippen molar-refractivity contribution in [1.82, 2.24) is 0 Å². The quantitative estimate of drug-likeness (QED) is 0.733. The molecular formula is C13H17NO. The number of benzene rings is 1. The minimum Gasteiger partial charge on any atom is -0.497 e. The summed E-state index contributed by atoms with van der Waals surface area (Å²) in [7, 11) is 1.67. The second-order valence-corrected chi connectivity index (χ2v) is 3.58. The van der Waals surface area contributed by atoms with Crippen LogP contribution in [0.1, 0.15) is 37.7 Å². The molecule has 0 spiro atoms. The van der Waals surface area contributed by atoms with Crippen molar-refractivity contribution < 1.29 is 4.74 Å². The van der Waals surface area contributed by atoms with Gasteiger partial charge in [-0.1, -0.05) is 19.1 Å². The molecule has 15 heavy (non-hydrogen) atoms. The predicted octanol–water partition coefficient (Wildman–Crippen LogP) is 3.49. The topological polar surface area (TPSA) is 33.0 Å². The van der Waals surface area contributed by atoms with Crippen LogP contribution in [-0.2, 0) is 0 Å². The molecule has 0 saturated heterocycles. The second kappa shape index (κ2) is 6.08. The van der Waals surface area contributed by atoms with Gasteiger partial charge in [0.05, 0.1) is 13.2 Å². The highest BCUT2D eigenvalue weighted by Crippen LogP contribution is 2.26. The van der Waals surface area contributed by atoms with Gasteiger partial charge in [0.1, 0.15) is 5.75 Å². The Morgan fingerprint density at radius 2 is 2.00 bits per heavy atom. The molecule has 2 heteroatoms. The molecule has 0 aliphatic rings. The molecule has 0 fully saturated rings. The molecule has 0 heterocycles. The fourth-order valence-corrected chi connectivity index (χ4v) is 1.72. The molecule has 80 valence electrons. The standard InChI is InChI=1S/C13H17NO/c1-3-11(5-4-10-14)12-6-8-13(15-2)9-7-12/h6-9,11H,3-5H2,1-2H3. The summed E-state index contributed by atoms with van der Waals surface area (Å²) in [6, 6.07) is 10.3. The van der Waals surface area contributed by atoms with E-state index < -0.39 is 0 Å². The number of nitrogens with zero attached hydrogens (tertiary/aromatic N) is 1. The Hall–Kier alpha value is -1.49. The molecular weight excluding hydrogens is 186 g/mol. The van der Waals surface area contributed by atoms with Crippen LogP contribution in [0.3, 0.4) is 0 Å². The number of rotatable bonds is 5. The molecule has 1 aromatic carbocycles. The first kappa shape index (κ1) is 11.6. The summed E-state index contributed by atoms with van der Waals surface area (Å²) in [5, 5.41) is 8.57. The Labute approximate surface area is 91.5 Å². The number of methoxy groups -OCH3 is 1. The zero-order chi connectivity index (χ0) is 11.1. The summed E-state index contributed by atoms with van der Waals surface area (Å²) in [6.07, 6.45) is 2.65. The fraction of sp³-hybridized carbons (Fsp3) is 0.462. The summed E-state index contributed by atoms with van der Waals surface area (Å²) in [5.41, 5.74) is 1.30. The van der Waals surface area contributed by atoms with E-state index in [2.05, 4.69) is 25.1 Å². The van der Waals surface area contributed by atoms with Gasteiger partial charge in [0.15, 0.2) is 0 Å². The van der Waals surface area contributed by atoms with Crippen LogP contribution in [0.2, 0.25) is 0 Å². The first-order valence-corrected chi connectivity index (χ1v) is 5.32. The summed E-state index contributed by atoms with van der Waals surface area (Å²) in [4.78, 5) is 0. The SMILES string of the molecule is CCC(CCC#N)c1ccc(OC)cc1. The predicted molar refractivity (Wildman–Crippen MR) is 60.9 cm³/mol. The largest absolute Gasteiger partial charge is 0.497 e. The molecule has 0 aromatic heterocycles. The molecule has 0 aliphatic heterocycles. The van der Waals surface area contributed by atoms with Crippen molar-refractivity contribution in [2.45, 2.75) is 32.1 Å². The smallest absolute Gasteiger partial charge is 0.118 e. The van der Waals surface area contributed by atoms with Gasteiger partial charge in [-0.3, -0.25) is 0 Å². The third-order valence-electron chi connectivity index (χ3n) is 2.68. The van der Waals surface area contributed by atoms with Gasteiger partial charge in [0, 0.05) is 6.42 Å². The van der Waals surface area contributed by atoms with Crippen LogP contribution in [0.5, 0.6) is 5.75 Å². The average molecular weight is 203 g/mol. The lowest BCUT2D eigenvalue weighted by molar-refractivity contribution is 0.414. The minimum absolute atomic E-state index is 0.496. The van der Waals surface area contributed by atoms with Crippen LogP contribution < -0.4 is 4.74 Å². The van der Waals surface area contributed by atoms with Crippen LogP contribution in [0, 0.1) is 11.3 Å². The molecule has 0 radical (unpaired) electrons. The van der Waals surface area contributed by atoms with Crippen LogP contribution in [-0.4, -0.2) is 7.11 Å². The maximum Gasteiger partial charge on any atom is 0.118 e. The first-order chi connectivity index (χ1) is 7.31. The molecule has 1 rings (SSSR count). The van der Waals surface area contributed by atoms with Gasteiger partial charge >= 0.3 is 0 Å². The summed E-state index contributed by atoms with van der Waals surface area (Å²) in [5.74, 6) is 1.38. The van der Waals surface area contributed by atoms with E-state index in [0.717, 1.165) is 18.6 Å². The molecule has 0 amide bonds. The zero-order valence-corrected chi connectivity index (χ0v) is 9.36. The van der Waals surface area contributed by atoms with E-state index in [1.54, 1.807) is 7.11 Å². The lowest BCUT2D eigenvalue weighted by Crippen LogP contribution is -1.97. The van der Waals surface area contributed by atoms with Crippen molar-refractivity contribution in [2.75, 3.05) is 7.11 Å². The normalized spacial score (nSPS) is 11.8. The average Bonchev–Trinajstić information content (AvgIpc) is 2.31. The molecule has 1 atom stereocenters. The van der Waals surface area contributed by atoms with Gasteiger partial charge in [0.2, 0.25) is 0 Å². The van der Waals surface area contributed by atoms with Crippen molar-refractivity contribution in [3.05, 3.63) is 29.8 Å². The molecule has 0 aliphatic carbocycles. The fourth-order valence-electron chi connectivity index (χ4n) is 1.72. The van der Waals surface area contributed by atoms with Gasteiger partial charge in [-0.2, -0.15) is 5.26 Å². The van der Waals surface area contributed by atoms with Crippen LogP contribution >= 0.6 is 0 Å². The van der Waals surface area contributed by atoms with Crippen molar-refractivity contribution in [3.8, 4) is 11.8 Å². The zero-order valence-electron chi connectivity index (χ0n) is 9.36. The Morgan fingerprint density at radius 3 is 2.47 bits per heavy atom. The maximum atomic E-state index is 8.57. The minimum atomic E-state index is 0.496. The Balaban J connectivity index is 2.70. The van der Waals surface area contributed by atoms with Gasteiger partial charge in [-0.05, 0) is 36.5 Å². The number of ether oxygens (including phenoxy) is 1. The van der Waals surface area contributed by atoms with E-state index in [1.807, 2.05) is 12.1 Å². The van der Waals surface area contributed by atoms with Crippen molar-refractivity contribution in [3.63, 3.8) is 0 Å². The van der Waals surface area contributed by atoms with Gasteiger partial charge < -0.3 is 4.74 Å². The van der Waals surface area contributed by atoms with Gasteiger partial charge in [-0.25, -0.2) is 0 Å². The lowest BCUT2D eigenvalue weighted by atomic mass is 9.92. The van der Waals surface area contributed by atoms with E-state index in [0.29, 0.717) is 12.3 Å². The third kappa shape index (κ3) is 3.28. The first-order valence-electron chi connectivity index (χ1n) is 5.32. The molecule has 0 N–H and O–H groups in total. The molecule has 0 saturated carbocycles. The summed E-state index contributed by atoms with van der Waals surface area (Å²) < 4.78 is 5.11. The maximum absolute atomic E-state index is 8.57. The highest BCUT2D eigenvalue weighted by molar-refractivity contribution is 5.29.